The molecule has 0 saturated heterocycles. The largest absolute Gasteiger partial charge is 0.502 e. The highest BCUT2D eigenvalue weighted by molar-refractivity contribution is 5.57. The van der Waals surface area contributed by atoms with Crippen LogP contribution in [0.4, 0.5) is 0 Å². The minimum Gasteiger partial charge on any atom is -0.502 e. The van der Waals surface area contributed by atoms with Gasteiger partial charge in [0, 0.05) is 0 Å². The topological polar surface area (TPSA) is 77.4 Å². The summed E-state index contributed by atoms with van der Waals surface area (Å²) in [4.78, 5) is 0. The van der Waals surface area contributed by atoms with E-state index in [1.165, 1.54) is 17.5 Å². The molecule has 6 rings (SSSR count). The molecule has 4 bridgehead atoms. The van der Waals surface area contributed by atoms with Crippen LogP contribution in [0.5, 0.6) is 34.5 Å². The molecular formula is C30H40O6. The Bertz CT molecular complexity index is 957. The molecule has 2 aromatic carbocycles. The van der Waals surface area contributed by atoms with E-state index in [2.05, 4.69) is 24.3 Å². The molecule has 4 aliphatic rings. The number of rotatable bonds is 10. The molecule has 4 saturated carbocycles. The Kier molecular flexibility index (Phi) is 6.65. The second-order valence-electron chi connectivity index (χ2n) is 10.9. The highest BCUT2D eigenvalue weighted by atomic mass is 16.5. The van der Waals surface area contributed by atoms with E-state index >= 15 is 0 Å². The highest BCUT2D eigenvalue weighted by Gasteiger charge is 2.59. The lowest BCUT2D eigenvalue weighted by Gasteiger charge is -2.62. The van der Waals surface area contributed by atoms with Crippen molar-refractivity contribution in [3.8, 4) is 34.5 Å². The van der Waals surface area contributed by atoms with Crippen molar-refractivity contribution in [2.75, 3.05) is 26.4 Å². The lowest BCUT2D eigenvalue weighted by atomic mass is 9.41. The van der Waals surface area contributed by atoms with Gasteiger partial charge in [0.25, 0.3) is 0 Å². The summed E-state index contributed by atoms with van der Waals surface area (Å²) in [5.41, 5.74) is 2.40. The zero-order valence-electron chi connectivity index (χ0n) is 22.1. The lowest BCUT2D eigenvalue weighted by Crippen LogP contribution is -2.55. The standard InChI is InChI=1S/C30H40O6/c1-5-33-23-10-21(11-24(27(23)31)34-6-2)29-14-19-9-20(15-29)17-30(16-19,18-29)22-12-25(35-7-3)28(32)26(13-22)36-8-4/h10-13,19-20,31-32H,5-9,14-18H2,1-4H3. The summed E-state index contributed by atoms with van der Waals surface area (Å²) in [7, 11) is 0. The maximum atomic E-state index is 10.8. The molecule has 0 unspecified atom stereocenters. The Morgan fingerprint density at radius 3 is 1.19 bits per heavy atom. The second kappa shape index (κ2) is 9.60. The number of ether oxygens (including phenoxy) is 4. The van der Waals surface area contributed by atoms with Gasteiger partial charge in [-0.25, -0.2) is 0 Å². The summed E-state index contributed by atoms with van der Waals surface area (Å²) >= 11 is 0. The van der Waals surface area contributed by atoms with E-state index in [4.69, 9.17) is 18.9 Å². The van der Waals surface area contributed by atoms with Crippen molar-refractivity contribution < 1.29 is 29.2 Å². The molecule has 0 heterocycles. The maximum Gasteiger partial charge on any atom is 0.200 e. The van der Waals surface area contributed by atoms with E-state index in [9.17, 15) is 10.2 Å². The van der Waals surface area contributed by atoms with E-state index in [0.29, 0.717) is 61.3 Å². The molecule has 0 amide bonds. The van der Waals surface area contributed by atoms with Crippen molar-refractivity contribution >= 4 is 0 Å². The van der Waals surface area contributed by atoms with Crippen LogP contribution in [0.2, 0.25) is 0 Å². The van der Waals surface area contributed by atoms with Crippen molar-refractivity contribution in [2.24, 2.45) is 11.8 Å². The third-order valence-corrected chi connectivity index (χ3v) is 8.57. The van der Waals surface area contributed by atoms with Gasteiger partial charge in [0.1, 0.15) is 0 Å². The average Bonchev–Trinajstić information content (AvgIpc) is 2.83. The maximum absolute atomic E-state index is 10.8. The molecule has 2 aromatic rings. The van der Waals surface area contributed by atoms with Gasteiger partial charge in [0.2, 0.25) is 11.5 Å². The molecule has 0 aromatic heterocycles. The van der Waals surface area contributed by atoms with Crippen LogP contribution >= 0.6 is 0 Å². The lowest BCUT2D eigenvalue weighted by molar-refractivity contribution is -0.0285. The van der Waals surface area contributed by atoms with Crippen LogP contribution in [0.1, 0.15) is 77.3 Å². The number of hydrogen-bond donors (Lipinski definition) is 2. The van der Waals surface area contributed by atoms with E-state index in [-0.39, 0.29) is 22.3 Å². The van der Waals surface area contributed by atoms with Crippen LogP contribution in [0, 0.1) is 11.8 Å². The van der Waals surface area contributed by atoms with E-state index in [0.717, 1.165) is 32.1 Å². The number of phenolic OH excluding ortho intramolecular Hbond substituents is 2. The summed E-state index contributed by atoms with van der Waals surface area (Å²) < 4.78 is 23.4. The Labute approximate surface area is 214 Å². The first-order valence-electron chi connectivity index (χ1n) is 13.6. The summed E-state index contributed by atoms with van der Waals surface area (Å²) in [6, 6.07) is 8.21. The summed E-state index contributed by atoms with van der Waals surface area (Å²) in [5.74, 6) is 3.45. The molecule has 2 N–H and O–H groups in total. The quantitative estimate of drug-likeness (QED) is 0.392. The van der Waals surface area contributed by atoms with Gasteiger partial charge in [-0.15, -0.1) is 0 Å². The van der Waals surface area contributed by atoms with Gasteiger partial charge in [0.15, 0.2) is 23.0 Å². The van der Waals surface area contributed by atoms with E-state index in [1.807, 2.05) is 27.7 Å². The fourth-order valence-electron chi connectivity index (χ4n) is 7.78. The molecule has 196 valence electrons. The zero-order valence-corrected chi connectivity index (χ0v) is 22.1. The Balaban J connectivity index is 1.61. The van der Waals surface area contributed by atoms with Crippen LogP contribution in [0.25, 0.3) is 0 Å². The highest BCUT2D eigenvalue weighted by Crippen LogP contribution is 2.67. The van der Waals surface area contributed by atoms with Crippen molar-refractivity contribution in [1.29, 1.82) is 0 Å². The molecule has 4 fully saturated rings. The fraction of sp³-hybridized carbons (Fsp3) is 0.600. The Morgan fingerprint density at radius 1 is 0.611 bits per heavy atom. The first-order valence-corrected chi connectivity index (χ1v) is 13.6. The number of phenols is 2. The normalized spacial score (nSPS) is 28.2. The minimum absolute atomic E-state index is 0.00900. The molecule has 6 nitrogen and oxygen atoms in total. The van der Waals surface area contributed by atoms with Gasteiger partial charge in [0.05, 0.1) is 26.4 Å². The Hall–Kier alpha value is -2.76. The predicted molar refractivity (Wildman–Crippen MR) is 139 cm³/mol. The summed E-state index contributed by atoms with van der Waals surface area (Å²) in [6.07, 6.45) is 6.84. The van der Waals surface area contributed by atoms with Crippen molar-refractivity contribution in [3.63, 3.8) is 0 Å². The van der Waals surface area contributed by atoms with Crippen LogP contribution in [0.3, 0.4) is 0 Å². The summed E-state index contributed by atoms with van der Waals surface area (Å²) in [6.45, 7) is 9.67. The van der Waals surface area contributed by atoms with Crippen molar-refractivity contribution in [2.45, 2.75) is 77.0 Å². The smallest absolute Gasteiger partial charge is 0.200 e. The van der Waals surface area contributed by atoms with E-state index < -0.39 is 0 Å². The Morgan fingerprint density at radius 2 is 0.917 bits per heavy atom. The molecular weight excluding hydrogens is 456 g/mol. The number of aromatic hydroxyl groups is 2. The molecule has 0 radical (unpaired) electrons. The molecule has 0 atom stereocenters. The molecule has 0 aliphatic heterocycles. The first kappa shape index (κ1) is 24.9. The van der Waals surface area contributed by atoms with Crippen LogP contribution in [0.15, 0.2) is 24.3 Å². The second-order valence-corrected chi connectivity index (χ2v) is 10.9. The molecule has 0 spiro atoms. The zero-order chi connectivity index (χ0) is 25.5. The van der Waals surface area contributed by atoms with Gasteiger partial charge >= 0.3 is 0 Å². The first-order chi connectivity index (χ1) is 17.4. The molecule has 36 heavy (non-hydrogen) atoms. The van der Waals surface area contributed by atoms with Gasteiger partial charge in [-0.3, -0.25) is 0 Å². The van der Waals surface area contributed by atoms with E-state index in [1.54, 1.807) is 0 Å². The van der Waals surface area contributed by atoms with Crippen molar-refractivity contribution in [1.82, 2.24) is 0 Å². The fourth-order valence-corrected chi connectivity index (χ4v) is 7.78. The van der Waals surface area contributed by atoms with Gasteiger partial charge < -0.3 is 29.2 Å². The van der Waals surface area contributed by atoms with Gasteiger partial charge in [-0.1, -0.05) is 0 Å². The van der Waals surface area contributed by atoms with Crippen LogP contribution in [-0.2, 0) is 10.8 Å². The predicted octanol–water partition coefficient (Wildman–Crippen LogP) is 6.48. The third kappa shape index (κ3) is 4.12. The monoisotopic (exact) mass is 496 g/mol. The molecule has 4 aliphatic carbocycles. The third-order valence-electron chi connectivity index (χ3n) is 8.57. The number of hydrogen-bond acceptors (Lipinski definition) is 6. The number of benzene rings is 2. The average molecular weight is 497 g/mol. The van der Waals surface area contributed by atoms with Gasteiger partial charge in [-0.05, 0) is 124 Å². The summed E-state index contributed by atoms with van der Waals surface area (Å²) in [5, 5.41) is 21.5. The van der Waals surface area contributed by atoms with Crippen molar-refractivity contribution in [3.05, 3.63) is 35.4 Å². The van der Waals surface area contributed by atoms with Crippen LogP contribution in [-0.4, -0.2) is 36.6 Å². The van der Waals surface area contributed by atoms with Gasteiger partial charge in [-0.2, -0.15) is 0 Å². The SMILES string of the molecule is CCOc1cc(C23CC4CC(C2)CC(c2cc(OCC)c(O)c(OCC)c2)(C4)C3)cc(OCC)c1O. The van der Waals surface area contributed by atoms with Crippen LogP contribution < -0.4 is 18.9 Å². The molecule has 6 heteroatoms. The minimum atomic E-state index is -0.00900.